The Kier molecular flexibility index (Phi) is 6.43. The minimum atomic E-state index is -0.666. The third-order valence-electron chi connectivity index (χ3n) is 5.13. The summed E-state index contributed by atoms with van der Waals surface area (Å²) in [5.41, 5.74) is 8.45. The Labute approximate surface area is 175 Å². The fourth-order valence-corrected chi connectivity index (χ4v) is 3.58. The molecule has 2 aromatic rings. The Morgan fingerprint density at radius 2 is 2.00 bits per heavy atom. The van der Waals surface area contributed by atoms with Crippen molar-refractivity contribution in [1.82, 2.24) is 4.57 Å². The minimum absolute atomic E-state index is 0.0218. The lowest BCUT2D eigenvalue weighted by Crippen LogP contribution is -2.18. The van der Waals surface area contributed by atoms with Crippen molar-refractivity contribution in [3.8, 4) is 6.07 Å². The number of nitrogens with zero attached hydrogens (tertiary/aromatic N) is 2. The van der Waals surface area contributed by atoms with E-state index in [1.54, 1.807) is 19.1 Å². The van der Waals surface area contributed by atoms with Crippen LogP contribution in [0.3, 0.4) is 0 Å². The molecule has 0 saturated carbocycles. The number of esters is 1. The van der Waals surface area contributed by atoms with Crippen LogP contribution >= 0.6 is 0 Å². The molecule has 1 aromatic carbocycles. The molecule has 1 fully saturated rings. The second kappa shape index (κ2) is 9.01. The van der Waals surface area contributed by atoms with Crippen molar-refractivity contribution in [2.45, 2.75) is 39.4 Å². The molecule has 2 N–H and O–H groups in total. The largest absolute Gasteiger partial charge is 0.459 e. The maximum atomic E-state index is 12.2. The number of nitrogen functional groups attached to an aromatic ring is 1. The first-order valence-corrected chi connectivity index (χ1v) is 9.82. The number of rotatable bonds is 5. The van der Waals surface area contributed by atoms with Gasteiger partial charge in [0.05, 0.1) is 30.1 Å². The zero-order valence-corrected chi connectivity index (χ0v) is 17.3. The SMILES string of the molecule is CCOC(=O)n1cc([C@@H]2O[C@H](COC(=O)c3ccc(C)cc3)CC2C)c(N)c1C#N. The molecule has 1 aromatic heterocycles. The van der Waals surface area contributed by atoms with Gasteiger partial charge < -0.3 is 19.9 Å². The van der Waals surface area contributed by atoms with Gasteiger partial charge in [-0.15, -0.1) is 0 Å². The molecule has 0 spiro atoms. The van der Waals surface area contributed by atoms with E-state index >= 15 is 0 Å². The molecule has 30 heavy (non-hydrogen) atoms. The molecule has 8 heteroatoms. The normalized spacial score (nSPS) is 20.5. The first-order chi connectivity index (χ1) is 14.3. The number of hydrogen-bond acceptors (Lipinski definition) is 7. The first-order valence-electron chi connectivity index (χ1n) is 9.82. The van der Waals surface area contributed by atoms with Crippen molar-refractivity contribution in [3.05, 3.63) is 52.8 Å². The number of nitriles is 1. The van der Waals surface area contributed by atoms with E-state index in [0.29, 0.717) is 17.5 Å². The average molecular weight is 411 g/mol. The van der Waals surface area contributed by atoms with Crippen molar-refractivity contribution in [2.75, 3.05) is 18.9 Å². The van der Waals surface area contributed by atoms with Gasteiger partial charge in [-0.1, -0.05) is 24.6 Å². The molecule has 1 unspecified atom stereocenters. The molecule has 8 nitrogen and oxygen atoms in total. The van der Waals surface area contributed by atoms with E-state index < -0.39 is 18.2 Å². The highest BCUT2D eigenvalue weighted by atomic mass is 16.6. The van der Waals surface area contributed by atoms with Gasteiger partial charge in [0.2, 0.25) is 0 Å². The monoisotopic (exact) mass is 411 g/mol. The second-order valence-electron chi connectivity index (χ2n) is 7.38. The lowest BCUT2D eigenvalue weighted by molar-refractivity contribution is -0.0113. The Hall–Kier alpha value is -3.31. The van der Waals surface area contributed by atoms with Crippen molar-refractivity contribution >= 4 is 17.7 Å². The molecule has 1 saturated heterocycles. The second-order valence-corrected chi connectivity index (χ2v) is 7.38. The molecule has 0 radical (unpaired) electrons. The van der Waals surface area contributed by atoms with Gasteiger partial charge in [-0.25, -0.2) is 14.2 Å². The molecule has 0 bridgehead atoms. The summed E-state index contributed by atoms with van der Waals surface area (Å²) in [5.74, 6) is -0.352. The summed E-state index contributed by atoms with van der Waals surface area (Å²) in [4.78, 5) is 24.4. The maximum Gasteiger partial charge on any atom is 0.419 e. The number of nitrogens with two attached hydrogens (primary N) is 1. The lowest BCUT2D eigenvalue weighted by atomic mass is 9.97. The Morgan fingerprint density at radius 1 is 1.30 bits per heavy atom. The molecule has 0 aliphatic carbocycles. The van der Waals surface area contributed by atoms with Crippen LogP contribution < -0.4 is 5.73 Å². The standard InChI is InChI=1S/C22H25N3O5/c1-4-28-22(27)25-11-17(19(24)18(25)10-23)20-14(3)9-16(30-20)12-29-21(26)15-7-5-13(2)6-8-15/h5-8,11,14,16,20H,4,9,12,24H2,1-3H3/t14?,16-,20+/m0/s1. The molecule has 0 amide bonds. The zero-order chi connectivity index (χ0) is 21.8. The number of hydrogen-bond donors (Lipinski definition) is 1. The van der Waals surface area contributed by atoms with E-state index in [1.165, 1.54) is 6.20 Å². The highest BCUT2D eigenvalue weighted by Gasteiger charge is 2.37. The Bertz CT molecular complexity index is 974. The summed E-state index contributed by atoms with van der Waals surface area (Å²) in [6, 6.07) is 9.10. The third kappa shape index (κ3) is 4.31. The molecule has 2 heterocycles. The van der Waals surface area contributed by atoms with E-state index in [1.807, 2.05) is 32.0 Å². The third-order valence-corrected chi connectivity index (χ3v) is 5.13. The van der Waals surface area contributed by atoms with E-state index in [2.05, 4.69) is 0 Å². The van der Waals surface area contributed by atoms with Crippen LogP contribution in [-0.2, 0) is 14.2 Å². The summed E-state index contributed by atoms with van der Waals surface area (Å²) in [6.07, 6.45) is 0.748. The van der Waals surface area contributed by atoms with Crippen molar-refractivity contribution in [1.29, 1.82) is 5.26 Å². The molecule has 1 aliphatic heterocycles. The van der Waals surface area contributed by atoms with Gasteiger partial charge in [-0.2, -0.15) is 5.26 Å². The summed E-state index contributed by atoms with van der Waals surface area (Å²) >= 11 is 0. The lowest BCUT2D eigenvalue weighted by Gasteiger charge is -2.15. The summed E-state index contributed by atoms with van der Waals surface area (Å²) < 4.78 is 17.6. The van der Waals surface area contributed by atoms with Gasteiger partial charge in [0.25, 0.3) is 0 Å². The fourth-order valence-electron chi connectivity index (χ4n) is 3.58. The van der Waals surface area contributed by atoms with Crippen LogP contribution in [0.2, 0.25) is 0 Å². The predicted molar refractivity (Wildman–Crippen MR) is 109 cm³/mol. The molecule has 1 aliphatic rings. The van der Waals surface area contributed by atoms with Gasteiger partial charge in [-0.3, -0.25) is 0 Å². The van der Waals surface area contributed by atoms with Crippen LogP contribution in [-0.4, -0.2) is 35.9 Å². The molecule has 158 valence electrons. The zero-order valence-electron chi connectivity index (χ0n) is 17.3. The van der Waals surface area contributed by atoms with Gasteiger partial charge >= 0.3 is 12.1 Å². The van der Waals surface area contributed by atoms with Gasteiger partial charge in [0.15, 0.2) is 5.69 Å². The highest BCUT2D eigenvalue weighted by Crippen LogP contribution is 2.41. The minimum Gasteiger partial charge on any atom is -0.459 e. The Morgan fingerprint density at radius 3 is 2.63 bits per heavy atom. The van der Waals surface area contributed by atoms with Crippen molar-refractivity contribution < 1.29 is 23.8 Å². The van der Waals surface area contributed by atoms with E-state index in [0.717, 1.165) is 10.1 Å². The van der Waals surface area contributed by atoms with Crippen molar-refractivity contribution in [3.63, 3.8) is 0 Å². The predicted octanol–water partition coefficient (Wildman–Crippen LogP) is 3.58. The quantitative estimate of drug-likeness (QED) is 0.747. The fraction of sp³-hybridized carbons (Fsp3) is 0.409. The van der Waals surface area contributed by atoms with Crippen LogP contribution in [0, 0.1) is 24.2 Å². The number of carbonyl (C=O) groups is 2. The number of anilines is 1. The summed E-state index contributed by atoms with van der Waals surface area (Å²) in [6.45, 7) is 5.91. The molecular weight excluding hydrogens is 386 g/mol. The number of ether oxygens (including phenoxy) is 3. The smallest absolute Gasteiger partial charge is 0.419 e. The first kappa shape index (κ1) is 21.4. The number of benzene rings is 1. The van der Waals surface area contributed by atoms with Crippen LogP contribution in [0.5, 0.6) is 0 Å². The van der Waals surface area contributed by atoms with Gasteiger partial charge in [0, 0.05) is 11.8 Å². The highest BCUT2D eigenvalue weighted by molar-refractivity contribution is 5.89. The summed E-state index contributed by atoms with van der Waals surface area (Å²) in [7, 11) is 0. The molecule has 3 atom stereocenters. The van der Waals surface area contributed by atoms with Crippen LogP contribution in [0.25, 0.3) is 0 Å². The van der Waals surface area contributed by atoms with Crippen LogP contribution in [0.1, 0.15) is 53.6 Å². The number of carbonyl (C=O) groups excluding carboxylic acids is 2. The molecular formula is C22H25N3O5. The summed E-state index contributed by atoms with van der Waals surface area (Å²) in [5, 5.41) is 9.40. The molecule has 3 rings (SSSR count). The van der Waals surface area contributed by atoms with Gasteiger partial charge in [0.1, 0.15) is 12.7 Å². The number of aromatic nitrogens is 1. The topological polar surface area (TPSA) is 117 Å². The van der Waals surface area contributed by atoms with E-state index in [4.69, 9.17) is 19.9 Å². The van der Waals surface area contributed by atoms with Crippen molar-refractivity contribution in [2.24, 2.45) is 5.92 Å². The number of aryl methyl sites for hydroxylation is 1. The van der Waals surface area contributed by atoms with E-state index in [-0.39, 0.29) is 36.6 Å². The van der Waals surface area contributed by atoms with Gasteiger partial charge in [-0.05, 0) is 38.3 Å². The van der Waals surface area contributed by atoms with E-state index in [9.17, 15) is 14.9 Å². The van der Waals surface area contributed by atoms with Crippen LogP contribution in [0.4, 0.5) is 10.5 Å². The Balaban J connectivity index is 1.69. The maximum absolute atomic E-state index is 12.2. The average Bonchev–Trinajstić information content (AvgIpc) is 3.25. The van der Waals surface area contributed by atoms with Crippen LogP contribution in [0.15, 0.2) is 30.5 Å².